The molecule has 2 aromatic rings. The molecule has 0 radical (unpaired) electrons. The fraction of sp³-hybridized carbons (Fsp3) is 0.188. The minimum atomic E-state index is -5.11. The minimum Gasteiger partial charge on any atom is -0.478 e. The Bertz CT molecular complexity index is 976. The van der Waals surface area contributed by atoms with E-state index in [-0.39, 0.29) is 11.5 Å². The Labute approximate surface area is 165 Å². The van der Waals surface area contributed by atoms with Gasteiger partial charge in [-0.2, -0.15) is 0 Å². The van der Waals surface area contributed by atoms with E-state index in [4.69, 9.17) is 9.84 Å². The smallest absolute Gasteiger partial charge is 0.355 e. The number of ether oxygens (including phenoxy) is 1. The zero-order valence-electron chi connectivity index (χ0n) is 14.2. The molecule has 13 heteroatoms. The quantitative estimate of drug-likeness (QED) is 0.198. The molecule has 0 aliphatic rings. The fourth-order valence-corrected chi connectivity index (χ4v) is 4.06. The number of carboxylic acid groups (broad SMARTS) is 1. The normalized spacial score (nSPS) is 12.6. The molecule has 2 rings (SSSR count). The average Bonchev–Trinajstić information content (AvgIpc) is 2.67. The Hall–Kier alpha value is -2.38. The van der Waals surface area contributed by atoms with Gasteiger partial charge in [0.05, 0.1) is 0 Å². The molecular weight excluding hydrogens is 445 g/mol. The van der Waals surface area contributed by atoms with Crippen LogP contribution in [-0.2, 0) is 14.8 Å². The van der Waals surface area contributed by atoms with Crippen LogP contribution in [0.4, 0.5) is 22.0 Å². The molecule has 1 atom stereocenters. The number of aliphatic carboxylic acids is 1. The van der Waals surface area contributed by atoms with Crippen molar-refractivity contribution in [3.8, 4) is 5.75 Å². The van der Waals surface area contributed by atoms with Crippen molar-refractivity contribution in [3.05, 3.63) is 59.4 Å². The topological polar surface area (TPSA) is 92.7 Å². The van der Waals surface area contributed by atoms with Gasteiger partial charge < -0.3 is 9.84 Å². The van der Waals surface area contributed by atoms with Crippen LogP contribution in [0, 0.1) is 29.1 Å². The summed E-state index contributed by atoms with van der Waals surface area (Å²) in [5.74, 6) is -13.7. The monoisotopic (exact) mass is 457 g/mol. The largest absolute Gasteiger partial charge is 0.478 e. The van der Waals surface area contributed by atoms with Crippen molar-refractivity contribution in [2.24, 2.45) is 0 Å². The summed E-state index contributed by atoms with van der Waals surface area (Å²) in [4.78, 5) is 9.19. The maximum atomic E-state index is 13.6. The number of sulfonamides is 1. The summed E-state index contributed by atoms with van der Waals surface area (Å²) in [7, 11) is -5.11. The molecule has 0 spiro atoms. The van der Waals surface area contributed by atoms with Crippen molar-refractivity contribution in [1.29, 1.82) is 0 Å². The lowest BCUT2D eigenvalue weighted by molar-refractivity contribution is -0.140. The standard InChI is InChI=1S/C16H12F5NO5S2/c17-9-10(18)12(20)14(13(21)11(9)19)29(25,26)22-6-7-28-16(15(23)24)27-8-4-2-1-3-5-8/h1-5,16,22H,6-7H2,(H,23,24). The van der Waals surface area contributed by atoms with E-state index in [1.165, 1.54) is 12.1 Å². The van der Waals surface area contributed by atoms with Crippen LogP contribution in [0.5, 0.6) is 5.75 Å². The van der Waals surface area contributed by atoms with Crippen LogP contribution in [-0.4, -0.2) is 37.2 Å². The van der Waals surface area contributed by atoms with Crippen molar-refractivity contribution in [2.45, 2.75) is 10.3 Å². The first-order chi connectivity index (χ1) is 13.6. The number of para-hydroxylation sites is 1. The van der Waals surface area contributed by atoms with E-state index in [1.54, 1.807) is 22.9 Å². The van der Waals surface area contributed by atoms with Gasteiger partial charge in [-0.1, -0.05) is 18.2 Å². The number of thioether (sulfide) groups is 1. The summed E-state index contributed by atoms with van der Waals surface area (Å²) in [6, 6.07) is 7.84. The average molecular weight is 457 g/mol. The Balaban J connectivity index is 2.05. The Morgan fingerprint density at radius 2 is 1.52 bits per heavy atom. The van der Waals surface area contributed by atoms with Crippen LogP contribution in [0.15, 0.2) is 35.2 Å². The van der Waals surface area contributed by atoms with E-state index >= 15 is 0 Å². The molecule has 0 aliphatic carbocycles. The molecule has 0 heterocycles. The zero-order chi connectivity index (χ0) is 21.8. The van der Waals surface area contributed by atoms with Crippen LogP contribution in [0.25, 0.3) is 0 Å². The summed E-state index contributed by atoms with van der Waals surface area (Å²) < 4.78 is 97.4. The molecule has 0 saturated carbocycles. The Kier molecular flexibility index (Phi) is 7.43. The number of rotatable bonds is 9. The lowest BCUT2D eigenvalue weighted by atomic mass is 10.3. The lowest BCUT2D eigenvalue weighted by Crippen LogP contribution is -2.30. The highest BCUT2D eigenvalue weighted by Crippen LogP contribution is 2.26. The SMILES string of the molecule is O=C(O)C(Oc1ccccc1)SCCNS(=O)(=O)c1c(F)c(F)c(F)c(F)c1F. The van der Waals surface area contributed by atoms with Crippen molar-refractivity contribution < 1.29 is 45.0 Å². The third kappa shape index (κ3) is 5.36. The van der Waals surface area contributed by atoms with Crippen molar-refractivity contribution in [3.63, 3.8) is 0 Å². The highest BCUT2D eigenvalue weighted by Gasteiger charge is 2.33. The molecule has 29 heavy (non-hydrogen) atoms. The third-order valence-electron chi connectivity index (χ3n) is 3.29. The van der Waals surface area contributed by atoms with E-state index in [0.29, 0.717) is 11.8 Å². The van der Waals surface area contributed by atoms with E-state index in [9.17, 15) is 35.2 Å². The number of carboxylic acids is 1. The molecule has 0 amide bonds. The first kappa shape index (κ1) is 22.9. The summed E-state index contributed by atoms with van der Waals surface area (Å²) in [5.41, 5.74) is -1.43. The van der Waals surface area contributed by atoms with Gasteiger partial charge in [0.15, 0.2) is 28.2 Å². The molecule has 2 N–H and O–H groups in total. The van der Waals surface area contributed by atoms with E-state index in [2.05, 4.69) is 0 Å². The first-order valence-electron chi connectivity index (χ1n) is 7.63. The molecule has 1 unspecified atom stereocenters. The van der Waals surface area contributed by atoms with Crippen molar-refractivity contribution in [2.75, 3.05) is 12.3 Å². The molecule has 0 saturated heterocycles. The molecular formula is C16H12F5NO5S2. The highest BCUT2D eigenvalue weighted by molar-refractivity contribution is 8.00. The fourth-order valence-electron chi connectivity index (χ4n) is 2.01. The third-order valence-corrected chi connectivity index (χ3v) is 5.81. The summed E-state index contributed by atoms with van der Waals surface area (Å²) in [6.45, 7) is -0.575. The minimum absolute atomic E-state index is 0.231. The molecule has 2 aromatic carbocycles. The van der Waals surface area contributed by atoms with Gasteiger partial charge in [-0.3, -0.25) is 0 Å². The molecule has 6 nitrogen and oxygen atoms in total. The lowest BCUT2D eigenvalue weighted by Gasteiger charge is -2.15. The Morgan fingerprint density at radius 1 is 1.00 bits per heavy atom. The van der Waals surface area contributed by atoms with E-state index in [1.807, 2.05) is 0 Å². The van der Waals surface area contributed by atoms with Crippen LogP contribution in [0.2, 0.25) is 0 Å². The van der Waals surface area contributed by atoms with Gasteiger partial charge >= 0.3 is 5.97 Å². The maximum Gasteiger partial charge on any atom is 0.355 e. The van der Waals surface area contributed by atoms with Gasteiger partial charge in [0.1, 0.15) is 5.75 Å². The van der Waals surface area contributed by atoms with Crippen LogP contribution < -0.4 is 9.46 Å². The Morgan fingerprint density at radius 3 is 2.03 bits per heavy atom. The van der Waals surface area contributed by atoms with Crippen molar-refractivity contribution in [1.82, 2.24) is 4.72 Å². The van der Waals surface area contributed by atoms with Crippen molar-refractivity contribution >= 4 is 27.8 Å². The number of benzene rings is 2. The van der Waals surface area contributed by atoms with Gasteiger partial charge in [0.2, 0.25) is 21.3 Å². The predicted molar refractivity (Wildman–Crippen MR) is 92.4 cm³/mol. The molecule has 0 bridgehead atoms. The van der Waals surface area contributed by atoms with E-state index < -0.39 is 62.0 Å². The molecule has 158 valence electrons. The van der Waals surface area contributed by atoms with Gasteiger partial charge in [-0.05, 0) is 12.1 Å². The van der Waals surface area contributed by atoms with Gasteiger partial charge in [-0.15, -0.1) is 11.8 Å². The molecule has 0 fully saturated rings. The number of hydrogen-bond acceptors (Lipinski definition) is 5. The maximum absolute atomic E-state index is 13.6. The predicted octanol–water partition coefficient (Wildman–Crippen LogP) is 2.88. The second-order valence-corrected chi connectivity index (χ2v) is 8.14. The van der Waals surface area contributed by atoms with Gasteiger partial charge in [0, 0.05) is 12.3 Å². The van der Waals surface area contributed by atoms with Crippen LogP contribution in [0.3, 0.4) is 0 Å². The second kappa shape index (κ2) is 9.41. The number of carbonyl (C=O) groups is 1. The second-order valence-electron chi connectivity index (χ2n) is 5.27. The van der Waals surface area contributed by atoms with E-state index in [0.717, 1.165) is 0 Å². The summed E-state index contributed by atoms with van der Waals surface area (Å²) in [6.07, 6.45) is 0. The molecule has 0 aromatic heterocycles. The van der Waals surface area contributed by atoms with Crippen LogP contribution >= 0.6 is 11.8 Å². The number of halogens is 5. The number of nitrogens with one attached hydrogen (secondary N) is 1. The summed E-state index contributed by atoms with van der Waals surface area (Å²) >= 11 is 0.633. The number of hydrogen-bond donors (Lipinski definition) is 2. The van der Waals surface area contributed by atoms with Crippen LogP contribution in [0.1, 0.15) is 0 Å². The highest BCUT2D eigenvalue weighted by atomic mass is 32.2. The summed E-state index contributed by atoms with van der Waals surface area (Å²) in [5, 5.41) is 9.13. The van der Waals surface area contributed by atoms with Gasteiger partial charge in [-0.25, -0.2) is 39.9 Å². The zero-order valence-corrected chi connectivity index (χ0v) is 15.8. The first-order valence-corrected chi connectivity index (χ1v) is 10.2. The van der Waals surface area contributed by atoms with Gasteiger partial charge in [0.25, 0.3) is 0 Å². The molecule has 0 aliphatic heterocycles.